The average molecular weight is 349 g/mol. The van der Waals surface area contributed by atoms with Crippen LogP contribution in [0.5, 0.6) is 0 Å². The van der Waals surface area contributed by atoms with Crippen molar-refractivity contribution in [1.29, 1.82) is 0 Å². The standard InChI is InChI=1S/C16H21ClN6O/c1-10(23-8-12(17)7-18-23)16(24)22-6-5-13-14(9-22)19-11(2)20-15(13)21(3)4/h7-8,10H,5-6,9H2,1-4H3/t10-/m0/s1. The molecule has 0 bridgehead atoms. The van der Waals surface area contributed by atoms with Gasteiger partial charge < -0.3 is 9.80 Å². The van der Waals surface area contributed by atoms with Crippen LogP contribution in [0, 0.1) is 6.92 Å². The minimum atomic E-state index is -0.393. The van der Waals surface area contributed by atoms with E-state index < -0.39 is 6.04 Å². The Morgan fingerprint density at radius 3 is 2.75 bits per heavy atom. The van der Waals surface area contributed by atoms with Crippen molar-refractivity contribution in [3.05, 3.63) is 34.5 Å². The van der Waals surface area contributed by atoms with Gasteiger partial charge in [0.05, 0.1) is 23.5 Å². The van der Waals surface area contributed by atoms with Crippen LogP contribution in [0.3, 0.4) is 0 Å². The fourth-order valence-corrected chi connectivity index (χ4v) is 3.14. The number of rotatable bonds is 3. The van der Waals surface area contributed by atoms with E-state index in [1.807, 2.05) is 37.7 Å². The highest BCUT2D eigenvalue weighted by Crippen LogP contribution is 2.26. The second kappa shape index (κ2) is 6.39. The third-order valence-corrected chi connectivity index (χ3v) is 4.41. The third-order valence-electron chi connectivity index (χ3n) is 4.21. The number of hydrogen-bond acceptors (Lipinski definition) is 5. The van der Waals surface area contributed by atoms with Gasteiger partial charge in [0.15, 0.2) is 0 Å². The summed E-state index contributed by atoms with van der Waals surface area (Å²) < 4.78 is 1.59. The zero-order valence-corrected chi connectivity index (χ0v) is 15.1. The highest BCUT2D eigenvalue weighted by molar-refractivity contribution is 6.30. The number of halogens is 1. The number of fused-ring (bicyclic) bond motifs is 1. The monoisotopic (exact) mass is 348 g/mol. The van der Waals surface area contributed by atoms with E-state index in [0.717, 1.165) is 29.3 Å². The Morgan fingerprint density at radius 2 is 2.12 bits per heavy atom. The molecule has 1 aliphatic heterocycles. The molecule has 1 atom stereocenters. The SMILES string of the molecule is Cc1nc2c(c(N(C)C)n1)CCN(C(=O)[C@H](C)n1cc(Cl)cn1)C2. The van der Waals surface area contributed by atoms with Crippen molar-refractivity contribution in [3.63, 3.8) is 0 Å². The first kappa shape index (κ1) is 16.7. The van der Waals surface area contributed by atoms with Gasteiger partial charge in [0, 0.05) is 32.4 Å². The molecule has 0 saturated carbocycles. The van der Waals surface area contributed by atoms with Gasteiger partial charge in [-0.05, 0) is 20.3 Å². The Labute approximate surface area is 146 Å². The molecule has 2 aromatic heterocycles. The number of anilines is 1. The van der Waals surface area contributed by atoms with Crippen molar-refractivity contribution >= 4 is 23.3 Å². The maximum Gasteiger partial charge on any atom is 0.247 e. The molecule has 0 aliphatic carbocycles. The van der Waals surface area contributed by atoms with Crippen molar-refractivity contribution in [3.8, 4) is 0 Å². The minimum absolute atomic E-state index is 0.0167. The smallest absolute Gasteiger partial charge is 0.247 e. The summed E-state index contributed by atoms with van der Waals surface area (Å²) in [5, 5.41) is 4.66. The van der Waals surface area contributed by atoms with Crippen LogP contribution < -0.4 is 4.90 Å². The van der Waals surface area contributed by atoms with Crippen molar-refractivity contribution in [2.24, 2.45) is 0 Å². The summed E-state index contributed by atoms with van der Waals surface area (Å²) >= 11 is 5.90. The highest BCUT2D eigenvalue weighted by atomic mass is 35.5. The van der Waals surface area contributed by atoms with Gasteiger partial charge in [0.1, 0.15) is 17.7 Å². The highest BCUT2D eigenvalue weighted by Gasteiger charge is 2.29. The Bertz CT molecular complexity index is 772. The Balaban J connectivity index is 1.83. The molecule has 1 aliphatic rings. The van der Waals surface area contributed by atoms with Crippen LogP contribution in [0.2, 0.25) is 5.02 Å². The zero-order chi connectivity index (χ0) is 17.4. The molecule has 1 amide bonds. The molecule has 2 aromatic rings. The molecular formula is C16H21ClN6O. The lowest BCUT2D eigenvalue weighted by Gasteiger charge is -2.32. The van der Waals surface area contributed by atoms with Crippen LogP contribution >= 0.6 is 11.6 Å². The quantitative estimate of drug-likeness (QED) is 0.846. The van der Waals surface area contributed by atoms with Gasteiger partial charge in [0.2, 0.25) is 5.91 Å². The molecule has 0 fully saturated rings. The van der Waals surface area contributed by atoms with E-state index in [-0.39, 0.29) is 5.91 Å². The molecule has 0 unspecified atom stereocenters. The lowest BCUT2D eigenvalue weighted by molar-refractivity contribution is -0.135. The first-order valence-electron chi connectivity index (χ1n) is 7.89. The van der Waals surface area contributed by atoms with E-state index >= 15 is 0 Å². The van der Waals surface area contributed by atoms with Crippen LogP contribution in [0.4, 0.5) is 5.82 Å². The average Bonchev–Trinajstić information content (AvgIpc) is 2.98. The third kappa shape index (κ3) is 3.08. The molecule has 8 heteroatoms. The number of carbonyl (C=O) groups is 1. The van der Waals surface area contributed by atoms with Gasteiger partial charge in [-0.25, -0.2) is 9.97 Å². The molecule has 7 nitrogen and oxygen atoms in total. The van der Waals surface area contributed by atoms with Crippen molar-refractivity contribution in [2.75, 3.05) is 25.5 Å². The molecule has 0 aromatic carbocycles. The summed E-state index contributed by atoms with van der Waals surface area (Å²) in [6.45, 7) is 4.86. The van der Waals surface area contributed by atoms with Crippen LogP contribution in [0.25, 0.3) is 0 Å². The predicted molar refractivity (Wildman–Crippen MR) is 92.2 cm³/mol. The first-order valence-corrected chi connectivity index (χ1v) is 8.26. The maximum absolute atomic E-state index is 12.8. The number of aryl methyl sites for hydroxylation is 1. The van der Waals surface area contributed by atoms with E-state index in [1.165, 1.54) is 6.20 Å². The number of nitrogens with zero attached hydrogens (tertiary/aromatic N) is 6. The molecular weight excluding hydrogens is 328 g/mol. The van der Waals surface area contributed by atoms with Crippen LogP contribution in [-0.4, -0.2) is 51.2 Å². The van der Waals surface area contributed by atoms with Crippen molar-refractivity contribution in [1.82, 2.24) is 24.6 Å². The van der Waals surface area contributed by atoms with Gasteiger partial charge in [0.25, 0.3) is 0 Å². The second-order valence-electron chi connectivity index (χ2n) is 6.24. The molecule has 3 heterocycles. The fraction of sp³-hybridized carbons (Fsp3) is 0.500. The predicted octanol–water partition coefficient (Wildman–Crippen LogP) is 1.85. The molecule has 128 valence electrons. The Morgan fingerprint density at radius 1 is 1.38 bits per heavy atom. The van der Waals surface area contributed by atoms with E-state index in [9.17, 15) is 4.79 Å². The topological polar surface area (TPSA) is 67.2 Å². The van der Waals surface area contributed by atoms with Crippen molar-refractivity contribution < 1.29 is 4.79 Å². The van der Waals surface area contributed by atoms with Crippen LogP contribution in [0.15, 0.2) is 12.4 Å². The summed E-state index contributed by atoms with van der Waals surface area (Å²) in [6.07, 6.45) is 3.96. The number of aromatic nitrogens is 4. The summed E-state index contributed by atoms with van der Waals surface area (Å²) in [6, 6.07) is -0.393. The molecule has 0 spiro atoms. The second-order valence-corrected chi connectivity index (χ2v) is 6.67. The van der Waals surface area contributed by atoms with Crippen LogP contribution in [-0.2, 0) is 17.8 Å². The van der Waals surface area contributed by atoms with Gasteiger partial charge in [-0.15, -0.1) is 0 Å². The van der Waals surface area contributed by atoms with E-state index in [0.29, 0.717) is 18.1 Å². The molecule has 0 saturated heterocycles. The summed E-state index contributed by atoms with van der Waals surface area (Å²) in [4.78, 5) is 25.7. The minimum Gasteiger partial charge on any atom is -0.362 e. The Hall–Kier alpha value is -2.15. The lowest BCUT2D eigenvalue weighted by atomic mass is 10.0. The number of amides is 1. The molecule has 3 rings (SSSR count). The van der Waals surface area contributed by atoms with Gasteiger partial charge in [-0.1, -0.05) is 11.6 Å². The van der Waals surface area contributed by atoms with Gasteiger partial charge >= 0.3 is 0 Å². The van der Waals surface area contributed by atoms with Crippen molar-refractivity contribution in [2.45, 2.75) is 32.9 Å². The normalized spacial score (nSPS) is 15.1. The van der Waals surface area contributed by atoms with E-state index in [1.54, 1.807) is 10.9 Å². The van der Waals surface area contributed by atoms with E-state index in [4.69, 9.17) is 11.6 Å². The fourth-order valence-electron chi connectivity index (χ4n) is 2.99. The number of hydrogen-bond donors (Lipinski definition) is 0. The summed E-state index contributed by atoms with van der Waals surface area (Å²) in [5.74, 6) is 1.68. The lowest BCUT2D eigenvalue weighted by Crippen LogP contribution is -2.41. The van der Waals surface area contributed by atoms with Gasteiger partial charge in [-0.3, -0.25) is 9.48 Å². The molecule has 24 heavy (non-hydrogen) atoms. The number of carbonyl (C=O) groups excluding carboxylic acids is 1. The van der Waals surface area contributed by atoms with Gasteiger partial charge in [-0.2, -0.15) is 5.10 Å². The zero-order valence-electron chi connectivity index (χ0n) is 14.3. The largest absolute Gasteiger partial charge is 0.362 e. The molecule has 0 N–H and O–H groups in total. The summed E-state index contributed by atoms with van der Waals surface area (Å²) in [7, 11) is 3.95. The summed E-state index contributed by atoms with van der Waals surface area (Å²) in [5.41, 5.74) is 2.06. The van der Waals surface area contributed by atoms with E-state index in [2.05, 4.69) is 15.1 Å². The Kier molecular flexibility index (Phi) is 4.45. The maximum atomic E-state index is 12.8. The molecule has 0 radical (unpaired) electrons. The van der Waals surface area contributed by atoms with Crippen LogP contribution in [0.1, 0.15) is 30.0 Å². The first-order chi connectivity index (χ1) is 11.4.